The summed E-state index contributed by atoms with van der Waals surface area (Å²) in [6, 6.07) is 4.50. The molecule has 0 bridgehead atoms. The number of halogens is 3. The number of urea groups is 1. The van der Waals surface area contributed by atoms with Crippen LogP contribution in [-0.2, 0) is 12.7 Å². The molecular formula is C10H8F3N5OS. The zero-order chi connectivity index (χ0) is 14.6. The van der Waals surface area contributed by atoms with Gasteiger partial charge in [-0.2, -0.15) is 13.2 Å². The van der Waals surface area contributed by atoms with Crippen molar-refractivity contribution in [3.8, 4) is 0 Å². The summed E-state index contributed by atoms with van der Waals surface area (Å²) in [6.07, 6.45) is -3.00. The number of nitrogens with one attached hydrogen (secondary N) is 2. The van der Waals surface area contributed by atoms with Crippen LogP contribution >= 0.6 is 11.3 Å². The van der Waals surface area contributed by atoms with Gasteiger partial charge in [0.05, 0.1) is 12.2 Å². The van der Waals surface area contributed by atoms with E-state index in [1.165, 1.54) is 0 Å². The maximum Gasteiger partial charge on any atom is 0.445 e. The lowest BCUT2D eigenvalue weighted by molar-refractivity contribution is -0.138. The fourth-order valence-corrected chi connectivity index (χ4v) is 1.81. The molecule has 0 atom stereocenters. The van der Waals surface area contributed by atoms with Gasteiger partial charge in [-0.05, 0) is 12.1 Å². The molecule has 2 N–H and O–H groups in total. The average molecular weight is 303 g/mol. The summed E-state index contributed by atoms with van der Waals surface area (Å²) in [5.41, 5.74) is 0.621. The van der Waals surface area contributed by atoms with Crippen LogP contribution in [0.25, 0.3) is 0 Å². The highest BCUT2D eigenvalue weighted by Crippen LogP contribution is 2.32. The van der Waals surface area contributed by atoms with Crippen molar-refractivity contribution in [3.05, 3.63) is 35.1 Å². The number of anilines is 1. The molecule has 0 unspecified atom stereocenters. The van der Waals surface area contributed by atoms with Crippen molar-refractivity contribution < 1.29 is 18.0 Å². The highest BCUT2D eigenvalue weighted by Gasteiger charge is 2.35. The first-order chi connectivity index (χ1) is 9.45. The molecule has 0 aliphatic carbocycles. The predicted octanol–water partition coefficient (Wildman–Crippen LogP) is 2.27. The molecule has 10 heteroatoms. The standard InChI is InChI=1S/C10H8F3N5OS/c11-10(12,13)7-17-18-9(20-7)16-8(19)15-5-6-3-1-2-4-14-6/h1-4H,5H2,(H2,15,16,18,19). The Morgan fingerprint density at radius 1 is 1.30 bits per heavy atom. The maximum atomic E-state index is 12.3. The van der Waals surface area contributed by atoms with Gasteiger partial charge in [-0.15, -0.1) is 10.2 Å². The van der Waals surface area contributed by atoms with E-state index in [1.54, 1.807) is 24.4 Å². The number of amides is 2. The van der Waals surface area contributed by atoms with E-state index < -0.39 is 17.2 Å². The molecule has 0 fully saturated rings. The first-order valence-corrected chi connectivity index (χ1v) is 6.12. The molecule has 0 spiro atoms. The number of alkyl halides is 3. The minimum atomic E-state index is -4.57. The van der Waals surface area contributed by atoms with E-state index in [-0.39, 0.29) is 23.0 Å². The van der Waals surface area contributed by atoms with E-state index in [9.17, 15) is 18.0 Å². The van der Waals surface area contributed by atoms with Crippen LogP contribution in [0.1, 0.15) is 10.7 Å². The van der Waals surface area contributed by atoms with E-state index >= 15 is 0 Å². The second-order valence-corrected chi connectivity index (χ2v) is 4.52. The average Bonchev–Trinajstić information content (AvgIpc) is 2.86. The monoisotopic (exact) mass is 303 g/mol. The summed E-state index contributed by atoms with van der Waals surface area (Å²) in [4.78, 5) is 15.4. The fraction of sp³-hybridized carbons (Fsp3) is 0.200. The summed E-state index contributed by atoms with van der Waals surface area (Å²) in [7, 11) is 0. The molecule has 2 aromatic rings. The van der Waals surface area contributed by atoms with Crippen LogP contribution in [0.5, 0.6) is 0 Å². The second kappa shape index (κ2) is 5.82. The Labute approximate surface area is 115 Å². The number of carbonyl (C=O) groups excluding carboxylic acids is 1. The van der Waals surface area contributed by atoms with Crippen molar-refractivity contribution in [2.45, 2.75) is 12.7 Å². The van der Waals surface area contributed by atoms with Gasteiger partial charge < -0.3 is 5.32 Å². The Bertz CT molecular complexity index is 586. The number of nitrogens with zero attached hydrogens (tertiary/aromatic N) is 3. The van der Waals surface area contributed by atoms with Crippen LogP contribution in [0.4, 0.5) is 23.1 Å². The molecular weight excluding hydrogens is 295 g/mol. The highest BCUT2D eigenvalue weighted by atomic mass is 32.1. The Morgan fingerprint density at radius 2 is 2.10 bits per heavy atom. The summed E-state index contributed by atoms with van der Waals surface area (Å²) in [5, 5.41) is 9.46. The molecule has 2 aromatic heterocycles. The van der Waals surface area contributed by atoms with Crippen LogP contribution < -0.4 is 10.6 Å². The van der Waals surface area contributed by atoms with Gasteiger partial charge in [0.25, 0.3) is 0 Å². The van der Waals surface area contributed by atoms with E-state index in [0.29, 0.717) is 5.69 Å². The minimum Gasteiger partial charge on any atom is -0.332 e. The molecule has 2 rings (SSSR count). The van der Waals surface area contributed by atoms with E-state index in [0.717, 1.165) is 0 Å². The molecule has 0 saturated heterocycles. The summed E-state index contributed by atoms with van der Waals surface area (Å²) >= 11 is 0.255. The molecule has 2 heterocycles. The third-order valence-corrected chi connectivity index (χ3v) is 2.93. The van der Waals surface area contributed by atoms with Crippen LogP contribution in [0.3, 0.4) is 0 Å². The van der Waals surface area contributed by atoms with Gasteiger partial charge in [0.15, 0.2) is 0 Å². The van der Waals surface area contributed by atoms with Crippen molar-refractivity contribution in [1.29, 1.82) is 0 Å². The molecule has 0 saturated carbocycles. The molecule has 106 valence electrons. The fourth-order valence-electron chi connectivity index (χ4n) is 1.20. The Kier molecular flexibility index (Phi) is 4.13. The Balaban J connectivity index is 1.87. The molecule has 6 nitrogen and oxygen atoms in total. The minimum absolute atomic E-state index is 0.150. The van der Waals surface area contributed by atoms with E-state index in [4.69, 9.17) is 0 Å². The summed E-state index contributed by atoms with van der Waals surface area (Å²) in [6.45, 7) is 0.150. The molecule has 0 radical (unpaired) electrons. The van der Waals surface area contributed by atoms with Gasteiger partial charge in [-0.25, -0.2) is 4.79 Å². The van der Waals surface area contributed by atoms with E-state index in [2.05, 4.69) is 25.8 Å². The Hall–Kier alpha value is -2.23. The summed E-state index contributed by atoms with van der Waals surface area (Å²) in [5.74, 6) is 0. The third-order valence-electron chi connectivity index (χ3n) is 2.04. The third kappa shape index (κ3) is 3.88. The zero-order valence-corrected chi connectivity index (χ0v) is 10.6. The van der Waals surface area contributed by atoms with Gasteiger partial charge in [0, 0.05) is 6.20 Å². The highest BCUT2D eigenvalue weighted by molar-refractivity contribution is 7.15. The predicted molar refractivity (Wildman–Crippen MR) is 65.0 cm³/mol. The number of hydrogen-bond donors (Lipinski definition) is 2. The van der Waals surface area contributed by atoms with E-state index in [1.807, 2.05) is 0 Å². The van der Waals surface area contributed by atoms with Crippen molar-refractivity contribution in [3.63, 3.8) is 0 Å². The van der Waals surface area contributed by atoms with Crippen molar-refractivity contribution >= 4 is 22.5 Å². The lowest BCUT2D eigenvalue weighted by Crippen LogP contribution is -2.28. The number of carbonyl (C=O) groups is 1. The molecule has 0 aromatic carbocycles. The van der Waals surface area contributed by atoms with Gasteiger partial charge in [-0.1, -0.05) is 17.4 Å². The number of hydrogen-bond acceptors (Lipinski definition) is 5. The van der Waals surface area contributed by atoms with Crippen LogP contribution in [0.15, 0.2) is 24.4 Å². The topological polar surface area (TPSA) is 79.8 Å². The largest absolute Gasteiger partial charge is 0.445 e. The Morgan fingerprint density at radius 3 is 2.70 bits per heavy atom. The SMILES string of the molecule is O=C(NCc1ccccn1)Nc1nnc(C(F)(F)F)s1. The van der Waals surface area contributed by atoms with Crippen molar-refractivity contribution in [1.82, 2.24) is 20.5 Å². The second-order valence-electron chi connectivity index (χ2n) is 3.54. The first kappa shape index (κ1) is 14.2. The smallest absolute Gasteiger partial charge is 0.332 e. The molecule has 0 aliphatic rings. The van der Waals surface area contributed by atoms with Crippen molar-refractivity contribution in [2.75, 3.05) is 5.32 Å². The van der Waals surface area contributed by atoms with Crippen molar-refractivity contribution in [2.24, 2.45) is 0 Å². The van der Waals surface area contributed by atoms with Crippen LogP contribution in [0, 0.1) is 0 Å². The number of aromatic nitrogens is 3. The lowest BCUT2D eigenvalue weighted by Gasteiger charge is -2.04. The van der Waals surface area contributed by atoms with Gasteiger partial charge in [-0.3, -0.25) is 10.3 Å². The number of rotatable bonds is 3. The van der Waals surface area contributed by atoms with Gasteiger partial charge >= 0.3 is 12.2 Å². The maximum absolute atomic E-state index is 12.3. The van der Waals surface area contributed by atoms with Gasteiger partial charge in [0.1, 0.15) is 0 Å². The lowest BCUT2D eigenvalue weighted by atomic mass is 10.3. The summed E-state index contributed by atoms with van der Waals surface area (Å²) < 4.78 is 36.8. The van der Waals surface area contributed by atoms with Crippen LogP contribution in [-0.4, -0.2) is 21.2 Å². The first-order valence-electron chi connectivity index (χ1n) is 5.30. The molecule has 2 amide bonds. The van der Waals surface area contributed by atoms with Crippen LogP contribution in [0.2, 0.25) is 0 Å². The van der Waals surface area contributed by atoms with Gasteiger partial charge in [0.2, 0.25) is 10.1 Å². The molecule has 0 aliphatic heterocycles. The number of pyridine rings is 1. The zero-order valence-electron chi connectivity index (χ0n) is 9.81. The molecule has 20 heavy (non-hydrogen) atoms. The normalized spacial score (nSPS) is 11.2. The quantitative estimate of drug-likeness (QED) is 0.911.